The van der Waals surface area contributed by atoms with Crippen molar-refractivity contribution in [2.24, 2.45) is 0 Å². The summed E-state index contributed by atoms with van der Waals surface area (Å²) < 4.78 is 5.79. The van der Waals surface area contributed by atoms with E-state index in [1.54, 1.807) is 6.07 Å². The zero-order valence-electron chi connectivity index (χ0n) is 13.0. The molecule has 0 atom stereocenters. The van der Waals surface area contributed by atoms with Crippen LogP contribution in [-0.2, 0) is 11.2 Å². The van der Waals surface area contributed by atoms with Gasteiger partial charge < -0.3 is 9.73 Å². The fraction of sp³-hybridized carbons (Fsp3) is 0.353. The van der Waals surface area contributed by atoms with Crippen molar-refractivity contribution in [3.8, 4) is 11.3 Å². The quantitative estimate of drug-likeness (QED) is 0.684. The van der Waals surface area contributed by atoms with E-state index in [9.17, 15) is 9.59 Å². The summed E-state index contributed by atoms with van der Waals surface area (Å²) in [7, 11) is 0. The lowest BCUT2D eigenvalue weighted by atomic mass is 10.1. The van der Waals surface area contributed by atoms with Crippen LogP contribution in [-0.4, -0.2) is 22.6 Å². The molecule has 23 heavy (non-hydrogen) atoms. The van der Waals surface area contributed by atoms with Gasteiger partial charge in [-0.2, -0.15) is 5.10 Å². The summed E-state index contributed by atoms with van der Waals surface area (Å²) in [6.45, 7) is 2.75. The van der Waals surface area contributed by atoms with Crippen molar-refractivity contribution in [1.82, 2.24) is 15.5 Å². The third kappa shape index (κ3) is 3.11. The van der Waals surface area contributed by atoms with Crippen LogP contribution in [0.1, 0.15) is 31.9 Å². The number of nitrogens with zero attached hydrogens (tertiary/aromatic N) is 1. The maximum Gasteiger partial charge on any atom is 0.277 e. The van der Waals surface area contributed by atoms with Crippen LogP contribution in [0.25, 0.3) is 22.2 Å². The minimum absolute atomic E-state index is 0.0300. The van der Waals surface area contributed by atoms with Gasteiger partial charge in [-0.3, -0.25) is 9.59 Å². The van der Waals surface area contributed by atoms with E-state index in [-0.39, 0.29) is 17.9 Å². The molecule has 0 aromatic heterocycles. The standard InChI is InChI=1S/C17H19N3O3/c1-2-3-6-9-18-14(21)10-13-15-16(19-20-17(15)22)11-7-4-5-8-12(11)23-13/h4-5,7-8H,2-3,6,9-10H2,1H3,(H,18,21)(H,20,22). The average Bonchev–Trinajstić information content (AvgIpc) is 2.94. The van der Waals surface area contributed by atoms with Crippen LogP contribution in [0.3, 0.4) is 0 Å². The Kier molecular flexibility index (Phi) is 4.41. The number of para-hydroxylation sites is 1. The highest BCUT2D eigenvalue weighted by atomic mass is 16.3. The summed E-state index contributed by atoms with van der Waals surface area (Å²) in [6, 6.07) is 7.35. The van der Waals surface area contributed by atoms with E-state index in [4.69, 9.17) is 4.42 Å². The number of rotatable bonds is 6. The van der Waals surface area contributed by atoms with E-state index in [2.05, 4.69) is 22.4 Å². The molecule has 1 aromatic carbocycles. The molecule has 6 nitrogen and oxygen atoms in total. The molecule has 2 N–H and O–H groups in total. The number of carbonyl (C=O) groups is 1. The number of amides is 1. The first kappa shape index (κ1) is 15.3. The second kappa shape index (κ2) is 6.64. The van der Waals surface area contributed by atoms with Crippen LogP contribution in [0, 0.1) is 0 Å². The van der Waals surface area contributed by atoms with E-state index < -0.39 is 0 Å². The number of H-pyrrole nitrogens is 1. The molecule has 6 heteroatoms. The molecule has 0 saturated heterocycles. The smallest absolute Gasteiger partial charge is 0.277 e. The van der Waals surface area contributed by atoms with Crippen molar-refractivity contribution < 1.29 is 9.21 Å². The first-order valence-corrected chi connectivity index (χ1v) is 7.86. The van der Waals surface area contributed by atoms with Gasteiger partial charge in [0, 0.05) is 11.9 Å². The third-order valence-corrected chi connectivity index (χ3v) is 3.81. The normalized spacial score (nSPS) is 11.2. The average molecular weight is 313 g/mol. The number of benzene rings is 1. The van der Waals surface area contributed by atoms with Crippen molar-refractivity contribution in [3.05, 3.63) is 40.4 Å². The number of aromatic amines is 1. The third-order valence-electron chi connectivity index (χ3n) is 3.81. The zero-order valence-corrected chi connectivity index (χ0v) is 13.0. The predicted molar refractivity (Wildman–Crippen MR) is 87.5 cm³/mol. The first-order valence-electron chi connectivity index (χ1n) is 7.86. The van der Waals surface area contributed by atoms with Gasteiger partial charge in [-0.25, -0.2) is 5.10 Å². The molecular weight excluding hydrogens is 294 g/mol. The predicted octanol–water partition coefficient (Wildman–Crippen LogP) is 2.47. The molecule has 1 amide bonds. The zero-order chi connectivity index (χ0) is 16.2. The minimum atomic E-state index is -0.330. The summed E-state index contributed by atoms with van der Waals surface area (Å²) in [5.74, 6) is 0.201. The Balaban J connectivity index is 1.89. The number of carbonyl (C=O) groups excluding carboxylic acids is 1. The Labute approximate surface area is 133 Å². The summed E-state index contributed by atoms with van der Waals surface area (Å²) >= 11 is 0. The van der Waals surface area contributed by atoms with Gasteiger partial charge >= 0.3 is 0 Å². The molecule has 2 aliphatic heterocycles. The molecular formula is C17H19N3O3. The van der Waals surface area contributed by atoms with E-state index in [1.807, 2.05) is 18.2 Å². The van der Waals surface area contributed by atoms with E-state index >= 15 is 0 Å². The van der Waals surface area contributed by atoms with Gasteiger partial charge in [-0.15, -0.1) is 0 Å². The van der Waals surface area contributed by atoms with E-state index in [0.29, 0.717) is 29.1 Å². The Morgan fingerprint density at radius 1 is 1.30 bits per heavy atom. The molecule has 0 spiro atoms. The van der Waals surface area contributed by atoms with Gasteiger partial charge in [-0.05, 0) is 18.6 Å². The molecule has 2 aliphatic rings. The van der Waals surface area contributed by atoms with Gasteiger partial charge in [0.1, 0.15) is 22.6 Å². The molecule has 0 bridgehead atoms. The number of aromatic nitrogens is 2. The summed E-state index contributed by atoms with van der Waals surface area (Å²) in [6.07, 6.45) is 3.16. The van der Waals surface area contributed by atoms with Gasteiger partial charge in [-0.1, -0.05) is 31.9 Å². The number of nitrogens with one attached hydrogen (secondary N) is 2. The van der Waals surface area contributed by atoms with Crippen molar-refractivity contribution in [1.29, 1.82) is 0 Å². The number of hydrogen-bond donors (Lipinski definition) is 2. The molecule has 0 radical (unpaired) electrons. The fourth-order valence-electron chi connectivity index (χ4n) is 2.65. The Morgan fingerprint density at radius 3 is 2.96 bits per heavy atom. The highest BCUT2D eigenvalue weighted by Crippen LogP contribution is 2.30. The van der Waals surface area contributed by atoms with Crippen LogP contribution >= 0.6 is 0 Å². The van der Waals surface area contributed by atoms with Crippen LogP contribution in [0.5, 0.6) is 0 Å². The maximum atomic E-state index is 12.1. The molecule has 120 valence electrons. The monoisotopic (exact) mass is 313 g/mol. The van der Waals surface area contributed by atoms with Gasteiger partial charge in [0.25, 0.3) is 5.56 Å². The SMILES string of the molecule is CCCCCNC(=O)Cc1oc2ccccc2c2n[nH]c(=O)c1-2. The molecule has 3 rings (SSSR count). The van der Waals surface area contributed by atoms with Gasteiger partial charge in [0.05, 0.1) is 6.42 Å². The number of fused-ring (bicyclic) bond motifs is 3. The summed E-state index contributed by atoms with van der Waals surface area (Å²) in [5.41, 5.74) is 1.18. The number of unbranched alkanes of at least 4 members (excludes halogenated alkanes) is 2. The fourth-order valence-corrected chi connectivity index (χ4v) is 2.65. The molecule has 0 fully saturated rings. The molecule has 2 heterocycles. The van der Waals surface area contributed by atoms with Crippen LogP contribution < -0.4 is 10.9 Å². The van der Waals surface area contributed by atoms with Crippen molar-refractivity contribution >= 4 is 16.9 Å². The lowest BCUT2D eigenvalue weighted by Crippen LogP contribution is -2.26. The first-order chi connectivity index (χ1) is 11.2. The maximum absolute atomic E-state index is 12.1. The summed E-state index contributed by atoms with van der Waals surface area (Å²) in [4.78, 5) is 24.1. The molecule has 0 aliphatic carbocycles. The summed E-state index contributed by atoms with van der Waals surface area (Å²) in [5, 5.41) is 10.1. The van der Waals surface area contributed by atoms with E-state index in [1.165, 1.54) is 0 Å². The Hall–Kier alpha value is -2.63. The molecule has 1 aromatic rings. The largest absolute Gasteiger partial charge is 0.460 e. The lowest BCUT2D eigenvalue weighted by Gasteiger charge is -2.09. The van der Waals surface area contributed by atoms with Crippen molar-refractivity contribution in [2.45, 2.75) is 32.6 Å². The van der Waals surface area contributed by atoms with Crippen molar-refractivity contribution in [3.63, 3.8) is 0 Å². The van der Waals surface area contributed by atoms with Crippen LogP contribution in [0.15, 0.2) is 33.5 Å². The Bertz CT molecular complexity index is 850. The molecule has 0 unspecified atom stereocenters. The van der Waals surface area contributed by atoms with E-state index in [0.717, 1.165) is 24.6 Å². The second-order valence-corrected chi connectivity index (χ2v) is 5.53. The van der Waals surface area contributed by atoms with Gasteiger partial charge in [0.15, 0.2) is 0 Å². The topological polar surface area (TPSA) is 88.0 Å². The van der Waals surface area contributed by atoms with Crippen LogP contribution in [0.2, 0.25) is 0 Å². The van der Waals surface area contributed by atoms with Crippen LogP contribution in [0.4, 0.5) is 0 Å². The highest BCUT2D eigenvalue weighted by Gasteiger charge is 2.23. The Morgan fingerprint density at radius 2 is 2.13 bits per heavy atom. The molecule has 0 saturated carbocycles. The minimum Gasteiger partial charge on any atom is -0.460 e. The second-order valence-electron chi connectivity index (χ2n) is 5.53. The highest BCUT2D eigenvalue weighted by molar-refractivity contribution is 5.93. The van der Waals surface area contributed by atoms with Gasteiger partial charge in [0.2, 0.25) is 5.91 Å². The van der Waals surface area contributed by atoms with Crippen molar-refractivity contribution in [2.75, 3.05) is 6.54 Å². The lowest BCUT2D eigenvalue weighted by molar-refractivity contribution is -0.120. The number of hydrogen-bond acceptors (Lipinski definition) is 4.